The van der Waals surface area contributed by atoms with Gasteiger partial charge in [-0.1, -0.05) is 6.07 Å². The van der Waals surface area contributed by atoms with Gasteiger partial charge >= 0.3 is 11.8 Å². The molecule has 0 bridgehead atoms. The highest BCUT2D eigenvalue weighted by Gasteiger charge is 2.23. The van der Waals surface area contributed by atoms with Crippen LogP contribution in [-0.4, -0.2) is 46.3 Å². The van der Waals surface area contributed by atoms with Crippen molar-refractivity contribution in [3.05, 3.63) is 52.3 Å². The number of anilines is 2. The van der Waals surface area contributed by atoms with Crippen LogP contribution in [0, 0.1) is 23.0 Å². The summed E-state index contributed by atoms with van der Waals surface area (Å²) in [7, 11) is 0. The zero-order valence-corrected chi connectivity index (χ0v) is 16.0. The van der Waals surface area contributed by atoms with Crippen molar-refractivity contribution in [2.45, 2.75) is 19.8 Å². The van der Waals surface area contributed by atoms with E-state index in [4.69, 9.17) is 0 Å². The smallest absolute Gasteiger partial charge is 0.313 e. The van der Waals surface area contributed by atoms with E-state index >= 15 is 0 Å². The highest BCUT2D eigenvalue weighted by molar-refractivity contribution is 6.39. The Kier molecular flexibility index (Phi) is 6.32. The number of aromatic nitrogens is 2. The van der Waals surface area contributed by atoms with E-state index in [1.165, 1.54) is 18.2 Å². The third-order valence-corrected chi connectivity index (χ3v) is 4.89. The molecule has 1 fully saturated rings. The monoisotopic (exact) mass is 398 g/mol. The number of piperidine rings is 1. The second kappa shape index (κ2) is 9.09. The van der Waals surface area contributed by atoms with E-state index in [1.54, 1.807) is 25.4 Å². The van der Waals surface area contributed by atoms with Crippen molar-refractivity contribution >= 4 is 29.1 Å². The van der Waals surface area contributed by atoms with E-state index in [0.29, 0.717) is 18.1 Å². The van der Waals surface area contributed by atoms with Crippen LogP contribution < -0.4 is 15.5 Å². The van der Waals surface area contributed by atoms with Crippen molar-refractivity contribution < 1.29 is 14.5 Å². The Bertz CT molecular complexity index is 897. The van der Waals surface area contributed by atoms with Gasteiger partial charge in [-0.2, -0.15) is 0 Å². The Morgan fingerprint density at radius 3 is 2.55 bits per heavy atom. The number of hydrogen-bond donors (Lipinski definition) is 2. The Balaban J connectivity index is 1.47. The largest absolute Gasteiger partial charge is 0.348 e. The summed E-state index contributed by atoms with van der Waals surface area (Å²) in [6.45, 7) is 3.65. The molecular formula is C19H22N6O4. The van der Waals surface area contributed by atoms with Crippen LogP contribution in [0.5, 0.6) is 0 Å². The van der Waals surface area contributed by atoms with E-state index in [2.05, 4.69) is 25.5 Å². The minimum atomic E-state index is -0.844. The molecule has 1 saturated heterocycles. The Morgan fingerprint density at radius 2 is 1.90 bits per heavy atom. The van der Waals surface area contributed by atoms with Crippen molar-refractivity contribution in [1.82, 2.24) is 15.3 Å². The fourth-order valence-corrected chi connectivity index (χ4v) is 3.15. The summed E-state index contributed by atoms with van der Waals surface area (Å²) in [5, 5.41) is 16.0. The predicted octanol–water partition coefficient (Wildman–Crippen LogP) is 1.66. The maximum absolute atomic E-state index is 12.1. The second-order valence-electron chi connectivity index (χ2n) is 6.90. The molecular weight excluding hydrogens is 376 g/mol. The van der Waals surface area contributed by atoms with Gasteiger partial charge in [-0.25, -0.2) is 9.97 Å². The number of nitrogens with one attached hydrogen (secondary N) is 2. The van der Waals surface area contributed by atoms with Crippen LogP contribution in [0.1, 0.15) is 18.4 Å². The van der Waals surface area contributed by atoms with E-state index in [9.17, 15) is 19.7 Å². The Labute approximate surface area is 167 Å². The van der Waals surface area contributed by atoms with Crippen LogP contribution >= 0.6 is 0 Å². The number of carbonyl (C=O) groups excluding carboxylic acids is 2. The highest BCUT2D eigenvalue weighted by Crippen LogP contribution is 2.22. The number of nitro benzene ring substituents is 1. The number of nitro groups is 1. The standard InChI is InChI=1S/C19H22N6O4/c1-13-3-4-15(25(28)29)11-16(13)23-18(27)17(26)22-12-14-5-9-24(10-6-14)19-20-7-2-8-21-19/h2-4,7-8,11,14H,5-6,9-10,12H2,1H3,(H,22,26)(H,23,27). The van der Waals surface area contributed by atoms with Crippen LogP contribution in [0.2, 0.25) is 0 Å². The molecule has 2 heterocycles. The lowest BCUT2D eigenvalue weighted by molar-refractivity contribution is -0.384. The van der Waals surface area contributed by atoms with E-state index < -0.39 is 16.7 Å². The number of amides is 2. The van der Waals surface area contributed by atoms with E-state index in [1.807, 2.05) is 0 Å². The van der Waals surface area contributed by atoms with Gasteiger partial charge in [-0.3, -0.25) is 19.7 Å². The minimum Gasteiger partial charge on any atom is -0.348 e. The molecule has 1 aliphatic rings. The van der Waals surface area contributed by atoms with Crippen molar-refractivity contribution in [3.8, 4) is 0 Å². The van der Waals surface area contributed by atoms with Gasteiger partial charge in [0.15, 0.2) is 0 Å². The first-order valence-electron chi connectivity index (χ1n) is 9.30. The lowest BCUT2D eigenvalue weighted by Gasteiger charge is -2.31. The van der Waals surface area contributed by atoms with Gasteiger partial charge in [-0.05, 0) is 37.3 Å². The summed E-state index contributed by atoms with van der Waals surface area (Å²) in [6.07, 6.45) is 5.11. The topological polar surface area (TPSA) is 130 Å². The first-order valence-corrected chi connectivity index (χ1v) is 9.30. The van der Waals surface area contributed by atoms with Gasteiger partial charge in [0.2, 0.25) is 5.95 Å². The molecule has 10 heteroatoms. The lowest BCUT2D eigenvalue weighted by atomic mass is 9.97. The Morgan fingerprint density at radius 1 is 1.21 bits per heavy atom. The lowest BCUT2D eigenvalue weighted by Crippen LogP contribution is -2.42. The molecule has 10 nitrogen and oxygen atoms in total. The molecule has 0 saturated carbocycles. The van der Waals surface area contributed by atoms with Crippen LogP contribution in [0.25, 0.3) is 0 Å². The SMILES string of the molecule is Cc1ccc([N+](=O)[O-])cc1NC(=O)C(=O)NCC1CCN(c2ncccn2)CC1. The zero-order valence-electron chi connectivity index (χ0n) is 16.0. The van der Waals surface area contributed by atoms with E-state index in [-0.39, 0.29) is 17.3 Å². The summed E-state index contributed by atoms with van der Waals surface area (Å²) in [5.74, 6) is -0.651. The Hall–Kier alpha value is -3.56. The molecule has 1 aliphatic heterocycles. The average molecular weight is 398 g/mol. The summed E-state index contributed by atoms with van der Waals surface area (Å²) in [5.41, 5.74) is 0.725. The summed E-state index contributed by atoms with van der Waals surface area (Å²) in [6, 6.07) is 5.88. The summed E-state index contributed by atoms with van der Waals surface area (Å²) < 4.78 is 0. The van der Waals surface area contributed by atoms with Gasteiger partial charge in [0, 0.05) is 44.2 Å². The van der Waals surface area contributed by atoms with Crippen LogP contribution in [0.4, 0.5) is 17.3 Å². The normalized spacial score (nSPS) is 14.3. The molecule has 0 spiro atoms. The van der Waals surface area contributed by atoms with Crippen molar-refractivity contribution in [1.29, 1.82) is 0 Å². The maximum atomic E-state index is 12.1. The van der Waals surface area contributed by atoms with Crippen LogP contribution in [0.15, 0.2) is 36.7 Å². The fourth-order valence-electron chi connectivity index (χ4n) is 3.15. The molecule has 0 atom stereocenters. The fraction of sp³-hybridized carbons (Fsp3) is 0.368. The third kappa shape index (κ3) is 5.24. The molecule has 2 aromatic rings. The molecule has 152 valence electrons. The maximum Gasteiger partial charge on any atom is 0.313 e. The van der Waals surface area contributed by atoms with Crippen LogP contribution in [-0.2, 0) is 9.59 Å². The van der Waals surface area contributed by atoms with Gasteiger partial charge in [0.1, 0.15) is 0 Å². The van der Waals surface area contributed by atoms with Gasteiger partial charge in [0.05, 0.1) is 10.6 Å². The average Bonchev–Trinajstić information content (AvgIpc) is 2.74. The third-order valence-electron chi connectivity index (χ3n) is 4.89. The number of non-ortho nitro benzene ring substituents is 1. The molecule has 1 aromatic carbocycles. The molecule has 0 radical (unpaired) electrons. The summed E-state index contributed by atoms with van der Waals surface area (Å²) >= 11 is 0. The molecule has 0 aliphatic carbocycles. The first kappa shape index (κ1) is 20.2. The second-order valence-corrected chi connectivity index (χ2v) is 6.90. The number of rotatable bonds is 5. The molecule has 1 aromatic heterocycles. The van der Waals surface area contributed by atoms with Crippen molar-refractivity contribution in [2.75, 3.05) is 29.9 Å². The molecule has 29 heavy (non-hydrogen) atoms. The first-order chi connectivity index (χ1) is 13.9. The molecule has 2 amide bonds. The summed E-state index contributed by atoms with van der Waals surface area (Å²) in [4.78, 5) is 45.2. The minimum absolute atomic E-state index is 0.152. The number of carbonyl (C=O) groups is 2. The van der Waals surface area contributed by atoms with Crippen molar-refractivity contribution in [2.24, 2.45) is 5.92 Å². The quantitative estimate of drug-likeness (QED) is 0.445. The van der Waals surface area contributed by atoms with Gasteiger partial charge in [-0.15, -0.1) is 0 Å². The predicted molar refractivity (Wildman–Crippen MR) is 106 cm³/mol. The molecule has 2 N–H and O–H groups in total. The van der Waals surface area contributed by atoms with Crippen LogP contribution in [0.3, 0.4) is 0 Å². The number of nitrogens with zero attached hydrogens (tertiary/aromatic N) is 4. The highest BCUT2D eigenvalue weighted by atomic mass is 16.6. The number of hydrogen-bond acceptors (Lipinski definition) is 7. The van der Waals surface area contributed by atoms with Gasteiger partial charge < -0.3 is 15.5 Å². The molecule has 0 unspecified atom stereocenters. The van der Waals surface area contributed by atoms with Gasteiger partial charge in [0.25, 0.3) is 5.69 Å². The zero-order chi connectivity index (χ0) is 20.8. The van der Waals surface area contributed by atoms with E-state index in [0.717, 1.165) is 25.9 Å². The number of benzene rings is 1. The molecule has 3 rings (SSSR count). The van der Waals surface area contributed by atoms with Crippen molar-refractivity contribution in [3.63, 3.8) is 0 Å². The number of aryl methyl sites for hydroxylation is 1.